The van der Waals surface area contributed by atoms with Crippen LogP contribution in [0.25, 0.3) is 0 Å². The third-order valence-electron chi connectivity index (χ3n) is 8.45. The zero-order valence-corrected chi connectivity index (χ0v) is 35.4. The first kappa shape index (κ1) is 49.4. The molecule has 0 aliphatic carbocycles. The summed E-state index contributed by atoms with van der Waals surface area (Å²) in [5.41, 5.74) is 1.48. The number of carbonyl (C=O) groups is 6. The van der Waals surface area contributed by atoms with Gasteiger partial charge in [0.2, 0.25) is 12.8 Å². The van der Waals surface area contributed by atoms with Crippen molar-refractivity contribution in [3.05, 3.63) is 21.2 Å². The molecular formula is C40H68N2O8S2. The summed E-state index contributed by atoms with van der Waals surface area (Å²) in [6.45, 7) is 19.7. The van der Waals surface area contributed by atoms with Crippen molar-refractivity contribution in [1.29, 1.82) is 0 Å². The number of nitrogens with zero attached hydrogens (tertiary/aromatic N) is 2. The van der Waals surface area contributed by atoms with Crippen molar-refractivity contribution in [2.75, 3.05) is 26.3 Å². The fourth-order valence-electron chi connectivity index (χ4n) is 4.81. The monoisotopic (exact) mass is 768 g/mol. The van der Waals surface area contributed by atoms with E-state index in [2.05, 4.69) is 0 Å². The highest BCUT2D eigenvalue weighted by atomic mass is 32.2. The van der Waals surface area contributed by atoms with Gasteiger partial charge in [-0.25, -0.2) is 0 Å². The van der Waals surface area contributed by atoms with Gasteiger partial charge in [0.15, 0.2) is 10.2 Å². The normalized spacial score (nSPS) is 12.5. The number of esters is 2. The summed E-state index contributed by atoms with van der Waals surface area (Å²) >= 11 is 2.28. The van der Waals surface area contributed by atoms with Crippen LogP contribution in [0.3, 0.4) is 0 Å². The summed E-state index contributed by atoms with van der Waals surface area (Å²) in [5.74, 6) is -1.31. The molecule has 0 saturated carbocycles. The van der Waals surface area contributed by atoms with Crippen LogP contribution in [0.2, 0.25) is 0 Å². The molecule has 0 saturated heterocycles. The second kappa shape index (κ2) is 28.8. The molecule has 298 valence electrons. The van der Waals surface area contributed by atoms with Crippen molar-refractivity contribution in [2.24, 2.45) is 23.7 Å². The van der Waals surface area contributed by atoms with Gasteiger partial charge in [0.25, 0.3) is 0 Å². The van der Waals surface area contributed by atoms with E-state index in [4.69, 9.17) is 9.47 Å². The molecule has 0 fully saturated rings. The molecular weight excluding hydrogens is 701 g/mol. The largest absolute Gasteiger partial charge is 0.465 e. The lowest BCUT2D eigenvalue weighted by Crippen LogP contribution is -2.23. The van der Waals surface area contributed by atoms with Crippen molar-refractivity contribution >= 4 is 58.5 Å². The van der Waals surface area contributed by atoms with Gasteiger partial charge in [0, 0.05) is 59.0 Å². The zero-order chi connectivity index (χ0) is 39.6. The Balaban J connectivity index is 4.67. The number of allylic oxidation sites excluding steroid dienone is 2. The Kier molecular flexibility index (Phi) is 27.4. The van der Waals surface area contributed by atoms with Crippen LogP contribution in [-0.2, 0) is 38.2 Å². The molecule has 0 heterocycles. The van der Waals surface area contributed by atoms with Gasteiger partial charge in [-0.3, -0.25) is 28.8 Å². The highest BCUT2D eigenvalue weighted by molar-refractivity contribution is 8.17. The van der Waals surface area contributed by atoms with Crippen LogP contribution < -0.4 is 0 Å². The van der Waals surface area contributed by atoms with Crippen LogP contribution in [0, 0.1) is 23.7 Å². The zero-order valence-electron chi connectivity index (χ0n) is 33.8. The number of amides is 2. The molecule has 0 N–H and O–H groups in total. The Morgan fingerprint density at radius 2 is 0.788 bits per heavy atom. The average Bonchev–Trinajstić information content (AvgIpc) is 3.09. The first-order valence-corrected chi connectivity index (χ1v) is 20.8. The fourth-order valence-corrected chi connectivity index (χ4v) is 6.67. The second-order valence-corrected chi connectivity index (χ2v) is 16.6. The van der Waals surface area contributed by atoms with Gasteiger partial charge in [-0.15, -0.1) is 0 Å². The van der Waals surface area contributed by atoms with Crippen LogP contribution in [0.1, 0.15) is 146 Å². The van der Waals surface area contributed by atoms with Crippen molar-refractivity contribution in [2.45, 2.75) is 146 Å². The summed E-state index contributed by atoms with van der Waals surface area (Å²) in [6.07, 6.45) is 12.9. The second-order valence-electron chi connectivity index (χ2n) is 14.4. The van der Waals surface area contributed by atoms with Crippen molar-refractivity contribution in [1.82, 2.24) is 9.80 Å². The predicted molar refractivity (Wildman–Crippen MR) is 213 cm³/mol. The van der Waals surface area contributed by atoms with E-state index in [-0.39, 0.29) is 59.1 Å². The van der Waals surface area contributed by atoms with E-state index < -0.39 is 0 Å². The Morgan fingerprint density at radius 3 is 1.04 bits per heavy atom. The summed E-state index contributed by atoms with van der Waals surface area (Å²) < 4.78 is 10.7. The van der Waals surface area contributed by atoms with E-state index in [1.807, 2.05) is 41.5 Å². The first-order valence-electron chi connectivity index (χ1n) is 19.2. The van der Waals surface area contributed by atoms with Crippen LogP contribution in [0.5, 0.6) is 0 Å². The molecule has 0 aromatic rings. The molecule has 10 nitrogen and oxygen atoms in total. The van der Waals surface area contributed by atoms with E-state index in [1.54, 1.807) is 37.5 Å². The molecule has 12 heteroatoms. The molecule has 0 aliphatic rings. The van der Waals surface area contributed by atoms with Crippen molar-refractivity contribution in [3.63, 3.8) is 0 Å². The Morgan fingerprint density at radius 1 is 0.500 bits per heavy atom. The maximum Gasteiger partial charge on any atom is 0.308 e. The molecule has 0 radical (unpaired) electrons. The summed E-state index contributed by atoms with van der Waals surface area (Å²) in [7, 11) is 0. The molecule has 2 amide bonds. The lowest BCUT2D eigenvalue weighted by atomic mass is 10.1. The number of unbranched alkanes of at least 4 members (excludes halogenated alkanes) is 9. The summed E-state index contributed by atoms with van der Waals surface area (Å²) in [6, 6.07) is 0. The maximum atomic E-state index is 12.5. The molecule has 0 aromatic carbocycles. The van der Waals surface area contributed by atoms with Gasteiger partial charge in [-0.05, 0) is 26.7 Å². The van der Waals surface area contributed by atoms with Gasteiger partial charge >= 0.3 is 11.9 Å². The Bertz CT molecular complexity index is 1090. The molecule has 0 bridgehead atoms. The quantitative estimate of drug-likeness (QED) is 0.0413. The SMILES string of the molecule is C/C(=C(\CCOC(=O)C(C)C)SC(=O)C(C)C)N(C=O)CCCCCCCCCCCCN(C=O)/C(C)=C(/CCOC(=O)C(C)C)SC(=O)C(C)C. The molecule has 0 rings (SSSR count). The number of thioether (sulfide) groups is 2. The van der Waals surface area contributed by atoms with Crippen molar-refractivity contribution < 1.29 is 38.2 Å². The minimum Gasteiger partial charge on any atom is -0.465 e. The topological polar surface area (TPSA) is 127 Å². The Hall–Kier alpha value is -2.60. The smallest absolute Gasteiger partial charge is 0.308 e. The van der Waals surface area contributed by atoms with E-state index in [0.29, 0.717) is 25.9 Å². The lowest BCUT2D eigenvalue weighted by Gasteiger charge is -2.22. The summed E-state index contributed by atoms with van der Waals surface area (Å²) in [5, 5.41) is 0.0356. The van der Waals surface area contributed by atoms with Crippen LogP contribution in [-0.4, -0.2) is 71.1 Å². The Labute approximate surface area is 323 Å². The number of hydrogen-bond donors (Lipinski definition) is 0. The lowest BCUT2D eigenvalue weighted by molar-refractivity contribution is -0.148. The average molecular weight is 769 g/mol. The first-order chi connectivity index (χ1) is 24.6. The minimum atomic E-state index is -0.281. The van der Waals surface area contributed by atoms with Crippen LogP contribution in [0.15, 0.2) is 21.2 Å². The summed E-state index contributed by atoms with van der Waals surface area (Å²) in [4.78, 5) is 77.6. The third-order valence-corrected chi connectivity index (χ3v) is 11.3. The van der Waals surface area contributed by atoms with Gasteiger partial charge in [0.1, 0.15) is 0 Å². The third kappa shape index (κ3) is 21.8. The van der Waals surface area contributed by atoms with Gasteiger partial charge in [0.05, 0.1) is 25.0 Å². The van der Waals surface area contributed by atoms with Crippen LogP contribution >= 0.6 is 23.5 Å². The van der Waals surface area contributed by atoms with Gasteiger partial charge in [-0.1, -0.05) is 130 Å². The highest BCUT2D eigenvalue weighted by Crippen LogP contribution is 2.30. The molecule has 0 aromatic heterocycles. The van der Waals surface area contributed by atoms with Crippen LogP contribution in [0.4, 0.5) is 0 Å². The molecule has 0 atom stereocenters. The number of rotatable bonds is 29. The van der Waals surface area contributed by atoms with Gasteiger partial charge in [-0.2, -0.15) is 0 Å². The van der Waals surface area contributed by atoms with E-state index >= 15 is 0 Å². The highest BCUT2D eigenvalue weighted by Gasteiger charge is 2.20. The molecule has 0 aliphatic heterocycles. The van der Waals surface area contributed by atoms with E-state index in [9.17, 15) is 28.8 Å². The standard InChI is InChI=1S/C40H68N2O8S2/c1-29(2)37(45)49-25-21-35(51-39(47)31(5)6)33(9)41(27-43)23-19-17-15-13-11-12-14-16-18-20-24-42(28-44)34(10)36(52-40(48)32(7)8)22-26-50-38(46)30(3)4/h27-32H,11-26H2,1-10H3/b35-33-,36-34-. The number of hydrogen-bond acceptors (Lipinski definition) is 10. The van der Waals surface area contributed by atoms with E-state index in [1.165, 1.54) is 0 Å². The predicted octanol–water partition coefficient (Wildman–Crippen LogP) is 9.28. The van der Waals surface area contributed by atoms with E-state index in [0.717, 1.165) is 122 Å². The fraction of sp³-hybridized carbons (Fsp3) is 0.750. The molecule has 0 spiro atoms. The molecule has 0 unspecified atom stereocenters. The molecule has 52 heavy (non-hydrogen) atoms. The number of ether oxygens (including phenoxy) is 2. The maximum absolute atomic E-state index is 12.5. The van der Waals surface area contributed by atoms with Crippen molar-refractivity contribution in [3.8, 4) is 0 Å². The minimum absolute atomic E-state index is 0.0178. The van der Waals surface area contributed by atoms with Gasteiger partial charge < -0.3 is 19.3 Å². The number of carbonyl (C=O) groups excluding carboxylic acids is 6.